The standard InChI is InChI=1S/C13H11Cl2N3O3S/c1-7(19)16-4-8-2-3-11(22-8)10(20)6-18-13(21)12(15)9(14)5-17-18/h2-3,5H,4,6H2,1H3,(H,16,19). The first-order valence-corrected chi connectivity index (χ1v) is 7.73. The molecule has 0 aromatic carbocycles. The van der Waals surface area contributed by atoms with Crippen molar-refractivity contribution in [2.24, 2.45) is 0 Å². The zero-order chi connectivity index (χ0) is 16.3. The third-order valence-corrected chi connectivity index (χ3v) is 4.56. The second kappa shape index (κ2) is 7.04. The van der Waals surface area contributed by atoms with Crippen molar-refractivity contribution < 1.29 is 9.59 Å². The molecule has 1 amide bonds. The molecule has 0 aliphatic carbocycles. The average molecular weight is 360 g/mol. The van der Waals surface area contributed by atoms with E-state index in [1.807, 2.05) is 0 Å². The molecular weight excluding hydrogens is 349 g/mol. The van der Waals surface area contributed by atoms with Gasteiger partial charge in [-0.3, -0.25) is 14.4 Å². The quantitative estimate of drug-likeness (QED) is 0.829. The van der Waals surface area contributed by atoms with E-state index in [0.717, 1.165) is 9.56 Å². The monoisotopic (exact) mass is 359 g/mol. The highest BCUT2D eigenvalue weighted by atomic mass is 35.5. The summed E-state index contributed by atoms with van der Waals surface area (Å²) in [5.74, 6) is -0.417. The van der Waals surface area contributed by atoms with Crippen molar-refractivity contribution in [3.05, 3.63) is 48.5 Å². The second-order valence-corrected chi connectivity index (χ2v) is 6.32. The normalized spacial score (nSPS) is 10.5. The Balaban J connectivity index is 2.11. The Morgan fingerprint density at radius 3 is 2.77 bits per heavy atom. The van der Waals surface area contributed by atoms with Crippen LogP contribution in [0, 0.1) is 0 Å². The maximum atomic E-state index is 12.2. The summed E-state index contributed by atoms with van der Waals surface area (Å²) < 4.78 is 0.962. The van der Waals surface area contributed by atoms with Crippen LogP contribution in [0.15, 0.2) is 23.1 Å². The predicted molar refractivity (Wildman–Crippen MR) is 84.7 cm³/mol. The molecule has 0 saturated heterocycles. The number of nitrogens with zero attached hydrogens (tertiary/aromatic N) is 2. The Bertz CT molecular complexity index is 785. The van der Waals surface area contributed by atoms with Gasteiger partial charge in [-0.2, -0.15) is 5.10 Å². The van der Waals surface area contributed by atoms with Crippen molar-refractivity contribution in [1.29, 1.82) is 0 Å². The van der Waals surface area contributed by atoms with Crippen molar-refractivity contribution in [1.82, 2.24) is 15.1 Å². The Kier molecular flexibility index (Phi) is 5.33. The molecule has 0 unspecified atom stereocenters. The maximum absolute atomic E-state index is 12.2. The molecule has 2 rings (SSSR count). The van der Waals surface area contributed by atoms with E-state index < -0.39 is 5.56 Å². The molecule has 2 aromatic heterocycles. The number of thiophene rings is 1. The number of rotatable bonds is 5. The summed E-state index contributed by atoms with van der Waals surface area (Å²) >= 11 is 12.7. The van der Waals surface area contributed by atoms with Gasteiger partial charge in [-0.15, -0.1) is 11.3 Å². The van der Waals surface area contributed by atoms with E-state index in [4.69, 9.17) is 23.2 Å². The number of hydrogen-bond acceptors (Lipinski definition) is 5. The lowest BCUT2D eigenvalue weighted by Gasteiger charge is -2.03. The lowest BCUT2D eigenvalue weighted by atomic mass is 10.3. The molecule has 0 aliphatic heterocycles. The molecule has 1 N–H and O–H groups in total. The molecule has 0 atom stereocenters. The summed E-state index contributed by atoms with van der Waals surface area (Å²) in [6, 6.07) is 3.39. The average Bonchev–Trinajstić information content (AvgIpc) is 2.95. The van der Waals surface area contributed by atoms with Crippen molar-refractivity contribution in [3.8, 4) is 0 Å². The molecule has 22 heavy (non-hydrogen) atoms. The van der Waals surface area contributed by atoms with Gasteiger partial charge >= 0.3 is 0 Å². The first-order valence-electron chi connectivity index (χ1n) is 6.16. The zero-order valence-electron chi connectivity index (χ0n) is 11.4. The van der Waals surface area contributed by atoms with Crippen LogP contribution in [0.1, 0.15) is 21.5 Å². The number of Topliss-reactive ketones (excluding diaryl/α,β-unsaturated/α-hetero) is 1. The third-order valence-electron chi connectivity index (χ3n) is 2.68. The Labute approximate surface area is 139 Å². The minimum Gasteiger partial charge on any atom is -0.351 e. The summed E-state index contributed by atoms with van der Waals surface area (Å²) in [5.41, 5.74) is -0.613. The number of halogens is 2. The fraction of sp³-hybridized carbons (Fsp3) is 0.231. The smallest absolute Gasteiger partial charge is 0.287 e. The topological polar surface area (TPSA) is 81.1 Å². The summed E-state index contributed by atoms with van der Waals surface area (Å²) in [6.07, 6.45) is 1.22. The molecule has 0 spiro atoms. The van der Waals surface area contributed by atoms with Crippen molar-refractivity contribution >= 4 is 46.2 Å². The van der Waals surface area contributed by atoms with Gasteiger partial charge in [0.05, 0.1) is 22.6 Å². The van der Waals surface area contributed by atoms with E-state index in [9.17, 15) is 14.4 Å². The van der Waals surface area contributed by atoms with Crippen LogP contribution in [0.4, 0.5) is 0 Å². The number of carbonyl (C=O) groups excluding carboxylic acids is 2. The minimum atomic E-state index is -0.613. The van der Waals surface area contributed by atoms with Gasteiger partial charge in [0.1, 0.15) is 11.6 Å². The first-order chi connectivity index (χ1) is 10.4. The maximum Gasteiger partial charge on any atom is 0.287 e. The third kappa shape index (κ3) is 3.94. The number of carbonyl (C=O) groups is 2. The van der Waals surface area contributed by atoms with Crippen LogP contribution in [0.2, 0.25) is 10.0 Å². The molecule has 6 nitrogen and oxygen atoms in total. The number of aromatic nitrogens is 2. The van der Waals surface area contributed by atoms with Gasteiger partial charge in [-0.05, 0) is 12.1 Å². The Morgan fingerprint density at radius 1 is 1.36 bits per heavy atom. The van der Waals surface area contributed by atoms with Crippen LogP contribution in [-0.4, -0.2) is 21.5 Å². The Morgan fingerprint density at radius 2 is 2.09 bits per heavy atom. The molecule has 0 bridgehead atoms. The second-order valence-electron chi connectivity index (χ2n) is 4.37. The van der Waals surface area contributed by atoms with Gasteiger partial charge in [0, 0.05) is 11.8 Å². The fourth-order valence-electron chi connectivity index (χ4n) is 1.61. The van der Waals surface area contributed by atoms with E-state index in [1.54, 1.807) is 12.1 Å². The molecule has 116 valence electrons. The summed E-state index contributed by atoms with van der Waals surface area (Å²) in [7, 11) is 0. The van der Waals surface area contributed by atoms with Crippen molar-refractivity contribution in [2.75, 3.05) is 0 Å². The van der Waals surface area contributed by atoms with Crippen molar-refractivity contribution in [2.45, 2.75) is 20.0 Å². The Hall–Kier alpha value is -1.70. The SMILES string of the molecule is CC(=O)NCc1ccc(C(=O)Cn2ncc(Cl)c(Cl)c2=O)s1. The highest BCUT2D eigenvalue weighted by Crippen LogP contribution is 2.18. The highest BCUT2D eigenvalue weighted by Gasteiger charge is 2.14. The van der Waals surface area contributed by atoms with E-state index in [-0.39, 0.29) is 28.3 Å². The molecule has 0 radical (unpaired) electrons. The molecule has 9 heteroatoms. The van der Waals surface area contributed by atoms with Gasteiger partial charge in [0.15, 0.2) is 5.78 Å². The summed E-state index contributed by atoms with van der Waals surface area (Å²) in [4.78, 5) is 36.2. The lowest BCUT2D eigenvalue weighted by molar-refractivity contribution is -0.119. The van der Waals surface area contributed by atoms with Crippen LogP contribution in [0.25, 0.3) is 0 Å². The minimum absolute atomic E-state index is 0.0454. The summed E-state index contributed by atoms with van der Waals surface area (Å²) in [6.45, 7) is 1.55. The van der Waals surface area contributed by atoms with E-state index in [1.165, 1.54) is 24.5 Å². The lowest BCUT2D eigenvalue weighted by Crippen LogP contribution is -2.26. The number of hydrogen-bond donors (Lipinski definition) is 1. The van der Waals surface area contributed by atoms with Crippen LogP contribution in [0.5, 0.6) is 0 Å². The molecule has 0 fully saturated rings. The van der Waals surface area contributed by atoms with E-state index >= 15 is 0 Å². The van der Waals surface area contributed by atoms with Gasteiger partial charge in [0.2, 0.25) is 5.91 Å². The van der Waals surface area contributed by atoms with Crippen LogP contribution in [-0.2, 0) is 17.9 Å². The number of amides is 1. The summed E-state index contributed by atoms with van der Waals surface area (Å²) in [5, 5.41) is 6.31. The molecule has 2 heterocycles. The zero-order valence-corrected chi connectivity index (χ0v) is 13.8. The molecule has 2 aromatic rings. The van der Waals surface area contributed by atoms with Gasteiger partial charge in [0.25, 0.3) is 5.56 Å². The largest absolute Gasteiger partial charge is 0.351 e. The predicted octanol–water partition coefficient (Wildman–Crippen LogP) is 2.13. The van der Waals surface area contributed by atoms with Gasteiger partial charge in [-0.25, -0.2) is 4.68 Å². The number of ketones is 1. The number of nitrogens with one attached hydrogen (secondary N) is 1. The molecule has 0 aliphatic rings. The molecule has 0 saturated carbocycles. The van der Waals surface area contributed by atoms with Crippen LogP contribution < -0.4 is 10.9 Å². The van der Waals surface area contributed by atoms with Crippen molar-refractivity contribution in [3.63, 3.8) is 0 Å². The van der Waals surface area contributed by atoms with Gasteiger partial charge in [-0.1, -0.05) is 23.2 Å². The molecular formula is C13H11Cl2N3O3S. The van der Waals surface area contributed by atoms with E-state index in [2.05, 4.69) is 10.4 Å². The van der Waals surface area contributed by atoms with E-state index in [0.29, 0.717) is 11.4 Å². The fourth-order valence-corrected chi connectivity index (χ4v) is 2.75. The van der Waals surface area contributed by atoms with Gasteiger partial charge < -0.3 is 5.32 Å². The van der Waals surface area contributed by atoms with Crippen LogP contribution in [0.3, 0.4) is 0 Å². The first kappa shape index (κ1) is 16.7. The highest BCUT2D eigenvalue weighted by molar-refractivity contribution is 7.14. The van der Waals surface area contributed by atoms with Crippen LogP contribution >= 0.6 is 34.5 Å².